The van der Waals surface area contributed by atoms with Gasteiger partial charge in [-0.2, -0.15) is 0 Å². The number of hydrogen-bond donors (Lipinski definition) is 2. The Morgan fingerprint density at radius 2 is 1.84 bits per heavy atom. The van der Waals surface area contributed by atoms with Crippen LogP contribution in [0.4, 0.5) is 5.69 Å². The number of aryl methyl sites for hydroxylation is 2. The van der Waals surface area contributed by atoms with Crippen molar-refractivity contribution in [2.45, 2.75) is 56.9 Å². The minimum absolute atomic E-state index is 0.204. The first-order chi connectivity index (χ1) is 8.80. The molecule has 0 saturated heterocycles. The van der Waals surface area contributed by atoms with Crippen LogP contribution in [0, 0.1) is 13.8 Å². The Morgan fingerprint density at radius 3 is 2.32 bits per heavy atom. The van der Waals surface area contributed by atoms with Crippen molar-refractivity contribution in [3.63, 3.8) is 0 Å². The third-order valence-corrected chi connectivity index (χ3v) is 5.89. The molecule has 0 heterocycles. The largest absolute Gasteiger partial charge is 0.398 e. The topological polar surface area (TPSA) is 72.2 Å². The summed E-state index contributed by atoms with van der Waals surface area (Å²) in [5, 5.41) is 0. The van der Waals surface area contributed by atoms with Crippen molar-refractivity contribution in [3.8, 4) is 0 Å². The highest BCUT2D eigenvalue weighted by atomic mass is 32.2. The minimum atomic E-state index is -3.54. The number of nitrogens with two attached hydrogens (primary N) is 1. The summed E-state index contributed by atoms with van der Waals surface area (Å²) < 4.78 is 27.8. The van der Waals surface area contributed by atoms with E-state index in [2.05, 4.69) is 4.72 Å². The molecule has 4 nitrogen and oxygen atoms in total. The van der Waals surface area contributed by atoms with E-state index in [0.29, 0.717) is 5.69 Å². The Labute approximate surface area is 115 Å². The van der Waals surface area contributed by atoms with Gasteiger partial charge < -0.3 is 5.73 Å². The van der Waals surface area contributed by atoms with Crippen LogP contribution < -0.4 is 10.5 Å². The van der Waals surface area contributed by atoms with Gasteiger partial charge in [0.25, 0.3) is 0 Å². The van der Waals surface area contributed by atoms with E-state index in [9.17, 15) is 8.42 Å². The molecule has 0 aromatic heterocycles. The predicted molar refractivity (Wildman–Crippen MR) is 77.5 cm³/mol. The summed E-state index contributed by atoms with van der Waals surface area (Å²) in [4.78, 5) is 0.204. The summed E-state index contributed by atoms with van der Waals surface area (Å²) in [6.07, 6.45) is 3.72. The fraction of sp³-hybridized carbons (Fsp3) is 0.571. The number of nitrogen functional groups attached to an aromatic ring is 1. The summed E-state index contributed by atoms with van der Waals surface area (Å²) in [6.45, 7) is 5.84. The molecule has 0 unspecified atom stereocenters. The average Bonchev–Trinajstić information content (AvgIpc) is 2.28. The first kappa shape index (κ1) is 14.3. The molecule has 1 saturated carbocycles. The van der Waals surface area contributed by atoms with Gasteiger partial charge in [0.1, 0.15) is 4.90 Å². The zero-order valence-electron chi connectivity index (χ0n) is 11.8. The minimum Gasteiger partial charge on any atom is -0.398 e. The van der Waals surface area contributed by atoms with Gasteiger partial charge in [0, 0.05) is 5.54 Å². The first-order valence-electron chi connectivity index (χ1n) is 6.70. The second kappa shape index (κ2) is 4.80. The molecule has 1 aromatic carbocycles. The molecule has 5 heteroatoms. The molecule has 2 rings (SSSR count). The van der Waals surface area contributed by atoms with Gasteiger partial charge in [-0.05, 0) is 62.8 Å². The zero-order chi connectivity index (χ0) is 14.3. The third kappa shape index (κ3) is 2.62. The van der Waals surface area contributed by atoms with E-state index in [0.717, 1.165) is 36.8 Å². The number of anilines is 1. The lowest BCUT2D eigenvalue weighted by atomic mass is 9.76. The van der Waals surface area contributed by atoms with Crippen molar-refractivity contribution in [3.05, 3.63) is 23.3 Å². The smallest absolute Gasteiger partial charge is 0.243 e. The highest BCUT2D eigenvalue weighted by molar-refractivity contribution is 7.89. The van der Waals surface area contributed by atoms with E-state index < -0.39 is 10.0 Å². The van der Waals surface area contributed by atoms with Crippen molar-refractivity contribution in [2.24, 2.45) is 0 Å². The van der Waals surface area contributed by atoms with Crippen molar-refractivity contribution in [2.75, 3.05) is 5.73 Å². The van der Waals surface area contributed by atoms with E-state index in [1.54, 1.807) is 12.1 Å². The van der Waals surface area contributed by atoms with Gasteiger partial charge >= 0.3 is 0 Å². The van der Waals surface area contributed by atoms with Crippen LogP contribution in [0.25, 0.3) is 0 Å². The quantitative estimate of drug-likeness (QED) is 0.833. The number of rotatable bonds is 4. The molecular weight excluding hydrogens is 260 g/mol. The Hall–Kier alpha value is -1.07. The summed E-state index contributed by atoms with van der Waals surface area (Å²) in [5.74, 6) is 0. The van der Waals surface area contributed by atoms with E-state index in [4.69, 9.17) is 5.73 Å². The van der Waals surface area contributed by atoms with Crippen LogP contribution in [0.2, 0.25) is 0 Å². The van der Waals surface area contributed by atoms with Crippen LogP contribution in [-0.4, -0.2) is 14.0 Å². The molecule has 0 radical (unpaired) electrons. The van der Waals surface area contributed by atoms with E-state index in [-0.39, 0.29) is 10.4 Å². The van der Waals surface area contributed by atoms with Gasteiger partial charge in [0.2, 0.25) is 10.0 Å². The maximum Gasteiger partial charge on any atom is 0.243 e. The van der Waals surface area contributed by atoms with Crippen LogP contribution in [0.5, 0.6) is 0 Å². The van der Waals surface area contributed by atoms with Gasteiger partial charge in [-0.15, -0.1) is 0 Å². The lowest BCUT2D eigenvalue weighted by Gasteiger charge is -2.41. The van der Waals surface area contributed by atoms with Crippen molar-refractivity contribution < 1.29 is 8.42 Å². The molecule has 0 bridgehead atoms. The Morgan fingerprint density at radius 1 is 1.26 bits per heavy atom. The van der Waals surface area contributed by atoms with E-state index >= 15 is 0 Å². The molecule has 1 aliphatic rings. The molecule has 0 atom stereocenters. The Bertz CT molecular complexity index is 584. The highest BCUT2D eigenvalue weighted by Gasteiger charge is 2.39. The van der Waals surface area contributed by atoms with Crippen molar-refractivity contribution in [1.29, 1.82) is 0 Å². The molecule has 0 aliphatic heterocycles. The lowest BCUT2D eigenvalue weighted by Crippen LogP contribution is -2.52. The van der Waals surface area contributed by atoms with Crippen LogP contribution in [0.15, 0.2) is 17.0 Å². The number of nitrogens with one attached hydrogen (secondary N) is 1. The van der Waals surface area contributed by atoms with E-state index in [1.165, 1.54) is 0 Å². The van der Waals surface area contributed by atoms with Gasteiger partial charge in [-0.25, -0.2) is 13.1 Å². The molecule has 106 valence electrons. The second-order valence-electron chi connectivity index (χ2n) is 5.57. The number of sulfonamides is 1. The number of benzene rings is 1. The van der Waals surface area contributed by atoms with Crippen LogP contribution >= 0.6 is 0 Å². The fourth-order valence-electron chi connectivity index (χ4n) is 2.52. The number of hydrogen-bond acceptors (Lipinski definition) is 3. The molecular formula is C14H22N2O2S. The SMILES string of the molecule is CCC1(NS(=O)(=O)c2cc(C)c(C)cc2N)CCC1. The molecule has 0 amide bonds. The standard InChI is InChI=1S/C14H22N2O2S/c1-4-14(6-5-7-14)16-19(17,18)13-9-11(3)10(2)8-12(13)15/h8-9,16H,4-7,15H2,1-3H3. The Kier molecular flexibility index (Phi) is 3.62. The molecule has 1 fully saturated rings. The van der Waals surface area contributed by atoms with Gasteiger partial charge in [0.15, 0.2) is 0 Å². The maximum absolute atomic E-state index is 12.5. The van der Waals surface area contributed by atoms with E-state index in [1.807, 2.05) is 20.8 Å². The summed E-state index contributed by atoms with van der Waals surface area (Å²) in [7, 11) is -3.54. The predicted octanol–water partition coefficient (Wildman–Crippen LogP) is 2.50. The Balaban J connectivity index is 2.37. The molecule has 1 aliphatic carbocycles. The highest BCUT2D eigenvalue weighted by Crippen LogP contribution is 2.36. The average molecular weight is 282 g/mol. The van der Waals surface area contributed by atoms with Crippen LogP contribution in [0.1, 0.15) is 43.7 Å². The third-order valence-electron chi connectivity index (χ3n) is 4.25. The fourth-order valence-corrected chi connectivity index (χ4v) is 4.25. The van der Waals surface area contributed by atoms with Gasteiger partial charge in [0.05, 0.1) is 5.69 Å². The molecule has 1 aromatic rings. The van der Waals surface area contributed by atoms with Crippen molar-refractivity contribution in [1.82, 2.24) is 4.72 Å². The summed E-state index contributed by atoms with van der Waals surface area (Å²) in [6, 6.07) is 3.39. The second-order valence-corrected chi connectivity index (χ2v) is 7.22. The first-order valence-corrected chi connectivity index (χ1v) is 8.19. The van der Waals surface area contributed by atoms with Gasteiger partial charge in [-0.1, -0.05) is 6.92 Å². The summed E-state index contributed by atoms with van der Waals surface area (Å²) >= 11 is 0. The van der Waals surface area contributed by atoms with Gasteiger partial charge in [-0.3, -0.25) is 0 Å². The van der Waals surface area contributed by atoms with Crippen molar-refractivity contribution >= 4 is 15.7 Å². The maximum atomic E-state index is 12.5. The molecule has 19 heavy (non-hydrogen) atoms. The van der Waals surface area contributed by atoms with Crippen LogP contribution in [-0.2, 0) is 10.0 Å². The normalized spacial score (nSPS) is 18.1. The lowest BCUT2D eigenvalue weighted by molar-refractivity contribution is 0.214. The zero-order valence-corrected chi connectivity index (χ0v) is 12.6. The summed E-state index contributed by atoms with van der Waals surface area (Å²) in [5.41, 5.74) is 7.88. The van der Waals surface area contributed by atoms with Crippen LogP contribution in [0.3, 0.4) is 0 Å². The monoisotopic (exact) mass is 282 g/mol. The molecule has 3 N–H and O–H groups in total. The molecule has 0 spiro atoms.